The maximum Gasteiger partial charge on any atom is 0.0494 e. The van der Waals surface area contributed by atoms with Crippen LogP contribution in [0, 0.1) is 10.7 Å². The smallest absolute Gasteiger partial charge is 0.0494 e. The van der Waals surface area contributed by atoms with Crippen molar-refractivity contribution in [3.05, 3.63) is 0 Å². The molecule has 0 saturated heterocycles. The van der Waals surface area contributed by atoms with Gasteiger partial charge in [0.05, 0.1) is 0 Å². The Bertz CT molecular complexity index is 204. The molecule has 3 heteroatoms. The maximum atomic E-state index is 11.7. The molecule has 0 aliphatic rings. The first-order chi connectivity index (χ1) is 4.80. The van der Waals surface area contributed by atoms with Crippen molar-refractivity contribution in [1.29, 1.82) is 4.78 Å². The SMILES string of the molecule is CC(C)[C@H](C)[S@](=N)(=O)C(C)C. The lowest BCUT2D eigenvalue weighted by atomic mass is 10.2. The van der Waals surface area contributed by atoms with Gasteiger partial charge >= 0.3 is 0 Å². The van der Waals surface area contributed by atoms with E-state index < -0.39 is 9.73 Å². The maximum absolute atomic E-state index is 11.7. The van der Waals surface area contributed by atoms with Gasteiger partial charge in [-0.15, -0.1) is 0 Å². The van der Waals surface area contributed by atoms with Crippen LogP contribution in [0.5, 0.6) is 0 Å². The van der Waals surface area contributed by atoms with E-state index in [1.165, 1.54) is 0 Å². The summed E-state index contributed by atoms with van der Waals surface area (Å²) < 4.78 is 19.3. The number of rotatable bonds is 3. The highest BCUT2D eigenvalue weighted by atomic mass is 32.2. The van der Waals surface area contributed by atoms with E-state index in [-0.39, 0.29) is 10.5 Å². The van der Waals surface area contributed by atoms with Gasteiger partial charge in [-0.05, 0) is 12.8 Å². The Morgan fingerprint density at radius 2 is 1.45 bits per heavy atom. The fraction of sp³-hybridized carbons (Fsp3) is 1.00. The van der Waals surface area contributed by atoms with E-state index in [1.807, 2.05) is 34.6 Å². The van der Waals surface area contributed by atoms with E-state index in [1.54, 1.807) is 0 Å². The molecule has 0 rings (SSSR count). The molecule has 0 aromatic heterocycles. The summed E-state index contributed by atoms with van der Waals surface area (Å²) in [6, 6.07) is 0. The summed E-state index contributed by atoms with van der Waals surface area (Å²) in [4.78, 5) is 0. The van der Waals surface area contributed by atoms with Crippen LogP contribution >= 0.6 is 0 Å². The summed E-state index contributed by atoms with van der Waals surface area (Å²) in [7, 11) is -2.38. The van der Waals surface area contributed by atoms with Gasteiger partial charge in [0.1, 0.15) is 0 Å². The van der Waals surface area contributed by atoms with Crippen LogP contribution in [0.2, 0.25) is 0 Å². The van der Waals surface area contributed by atoms with Crippen molar-refractivity contribution in [1.82, 2.24) is 0 Å². The van der Waals surface area contributed by atoms with Crippen LogP contribution < -0.4 is 0 Å². The van der Waals surface area contributed by atoms with Crippen LogP contribution in [0.1, 0.15) is 34.6 Å². The highest BCUT2D eigenvalue weighted by molar-refractivity contribution is 7.93. The van der Waals surface area contributed by atoms with Gasteiger partial charge in [-0.25, -0.2) is 4.21 Å². The van der Waals surface area contributed by atoms with Gasteiger partial charge in [-0.3, -0.25) is 4.78 Å². The molecule has 0 saturated carbocycles. The van der Waals surface area contributed by atoms with Crippen molar-refractivity contribution in [2.45, 2.75) is 45.1 Å². The molecule has 2 nitrogen and oxygen atoms in total. The number of nitrogens with one attached hydrogen (secondary N) is 1. The van der Waals surface area contributed by atoms with E-state index in [2.05, 4.69) is 0 Å². The second kappa shape index (κ2) is 3.57. The average molecular weight is 177 g/mol. The first kappa shape index (κ1) is 11.0. The second-order valence-electron chi connectivity index (χ2n) is 3.65. The van der Waals surface area contributed by atoms with Crippen molar-refractivity contribution >= 4 is 9.73 Å². The van der Waals surface area contributed by atoms with Gasteiger partial charge in [0.25, 0.3) is 0 Å². The zero-order valence-electron chi connectivity index (χ0n) is 8.05. The summed E-state index contributed by atoms with van der Waals surface area (Å²) in [5.74, 6) is 0.336. The minimum Gasteiger partial charge on any atom is -0.252 e. The Balaban J connectivity index is 4.58. The number of hydrogen-bond donors (Lipinski definition) is 1. The lowest BCUT2D eigenvalue weighted by Gasteiger charge is -2.21. The molecule has 0 spiro atoms. The quantitative estimate of drug-likeness (QED) is 0.707. The van der Waals surface area contributed by atoms with Crippen molar-refractivity contribution < 1.29 is 4.21 Å². The van der Waals surface area contributed by atoms with Crippen molar-refractivity contribution in [2.75, 3.05) is 0 Å². The average Bonchev–Trinajstić information content (AvgIpc) is 1.85. The second-order valence-corrected chi connectivity index (χ2v) is 6.63. The first-order valence-electron chi connectivity index (χ1n) is 4.06. The minimum absolute atomic E-state index is 0.00231. The Kier molecular flexibility index (Phi) is 3.55. The van der Waals surface area contributed by atoms with Crippen molar-refractivity contribution in [2.24, 2.45) is 5.92 Å². The molecule has 0 aromatic carbocycles. The minimum atomic E-state index is -2.38. The van der Waals surface area contributed by atoms with Gasteiger partial charge in [-0.2, -0.15) is 0 Å². The summed E-state index contributed by atoms with van der Waals surface area (Å²) in [6.07, 6.45) is 0. The standard InChI is InChI=1S/C8H19NOS/c1-6(2)8(5)11(9,10)7(3)4/h6-9H,1-5H3/t8-,11+/m0/s1. The fourth-order valence-electron chi connectivity index (χ4n) is 0.834. The lowest BCUT2D eigenvalue weighted by Crippen LogP contribution is -2.28. The van der Waals surface area contributed by atoms with Crippen LogP contribution in [0.3, 0.4) is 0 Å². The van der Waals surface area contributed by atoms with E-state index in [0.717, 1.165) is 0 Å². The van der Waals surface area contributed by atoms with Crippen LogP contribution in [0.4, 0.5) is 0 Å². The third kappa shape index (κ3) is 2.47. The summed E-state index contributed by atoms with van der Waals surface area (Å²) in [5, 5.41) is -0.0256. The molecule has 0 aromatic rings. The van der Waals surface area contributed by atoms with Crippen LogP contribution in [-0.2, 0) is 9.73 Å². The lowest BCUT2D eigenvalue weighted by molar-refractivity contribution is 0.592. The van der Waals surface area contributed by atoms with Crippen LogP contribution in [0.25, 0.3) is 0 Å². The van der Waals surface area contributed by atoms with Gasteiger partial charge in [0, 0.05) is 20.2 Å². The monoisotopic (exact) mass is 177 g/mol. The molecule has 11 heavy (non-hydrogen) atoms. The first-order valence-corrected chi connectivity index (χ1v) is 5.75. The molecular weight excluding hydrogens is 158 g/mol. The molecule has 68 valence electrons. The Hall–Kier alpha value is -0.0500. The molecule has 0 amide bonds. The predicted octanol–water partition coefficient (Wildman–Crippen LogP) is 2.49. The highest BCUT2D eigenvalue weighted by Gasteiger charge is 2.22. The third-order valence-corrected chi connectivity index (χ3v) is 5.24. The Morgan fingerprint density at radius 3 is 1.55 bits per heavy atom. The fourth-order valence-corrected chi connectivity index (χ4v) is 2.50. The van der Waals surface area contributed by atoms with Gasteiger partial charge < -0.3 is 0 Å². The summed E-state index contributed by atoms with van der Waals surface area (Å²) in [5.41, 5.74) is 0. The summed E-state index contributed by atoms with van der Waals surface area (Å²) in [6.45, 7) is 9.64. The van der Waals surface area contributed by atoms with Crippen LogP contribution in [-0.4, -0.2) is 14.7 Å². The van der Waals surface area contributed by atoms with E-state index in [4.69, 9.17) is 4.78 Å². The largest absolute Gasteiger partial charge is 0.252 e. The van der Waals surface area contributed by atoms with Gasteiger partial charge in [0.2, 0.25) is 0 Å². The molecule has 0 unspecified atom stereocenters. The molecule has 0 aliphatic heterocycles. The van der Waals surface area contributed by atoms with E-state index in [0.29, 0.717) is 5.92 Å². The van der Waals surface area contributed by atoms with Crippen LogP contribution in [0.15, 0.2) is 0 Å². The molecule has 0 aliphatic carbocycles. The molecule has 0 bridgehead atoms. The zero-order chi connectivity index (χ0) is 9.23. The van der Waals surface area contributed by atoms with Gasteiger partial charge in [0.15, 0.2) is 0 Å². The molecular formula is C8H19NOS. The van der Waals surface area contributed by atoms with Gasteiger partial charge in [-0.1, -0.05) is 27.7 Å². The Labute approximate surface area is 70.4 Å². The topological polar surface area (TPSA) is 40.9 Å². The highest BCUT2D eigenvalue weighted by Crippen LogP contribution is 2.16. The third-order valence-electron chi connectivity index (χ3n) is 2.19. The molecule has 2 atom stereocenters. The molecule has 1 N–H and O–H groups in total. The van der Waals surface area contributed by atoms with E-state index >= 15 is 0 Å². The molecule has 0 radical (unpaired) electrons. The predicted molar refractivity (Wildman–Crippen MR) is 50.3 cm³/mol. The normalized spacial score (nSPS) is 20.3. The summed E-state index contributed by atoms with van der Waals surface area (Å²) >= 11 is 0. The van der Waals surface area contributed by atoms with E-state index in [9.17, 15) is 4.21 Å². The molecule has 0 heterocycles. The van der Waals surface area contributed by atoms with Crippen molar-refractivity contribution in [3.63, 3.8) is 0 Å². The Morgan fingerprint density at radius 1 is 1.09 bits per heavy atom. The zero-order valence-corrected chi connectivity index (χ0v) is 8.87. The van der Waals surface area contributed by atoms with Crippen molar-refractivity contribution in [3.8, 4) is 0 Å². The number of hydrogen-bond acceptors (Lipinski definition) is 2. The molecule has 0 fully saturated rings.